The summed E-state index contributed by atoms with van der Waals surface area (Å²) in [5.74, 6) is 3.21. The van der Waals surface area contributed by atoms with Gasteiger partial charge in [-0.3, -0.25) is 0 Å². The van der Waals surface area contributed by atoms with Crippen LogP contribution in [0.1, 0.15) is 38.2 Å². The Bertz CT molecular complexity index is 868. The molecule has 0 aliphatic carbocycles. The first-order chi connectivity index (χ1) is 14.6. The number of rotatable bonds is 5. The van der Waals surface area contributed by atoms with Gasteiger partial charge >= 0.3 is 0 Å². The Labute approximate surface area is 189 Å². The monoisotopic (exact) mass is 444 g/mol. The van der Waals surface area contributed by atoms with Crippen LogP contribution < -0.4 is 20.4 Å². The Balaban J connectivity index is 1.47. The zero-order valence-electron chi connectivity index (χ0n) is 17.4. The molecule has 1 aromatic carbocycles. The molecule has 4 rings (SSSR count). The van der Waals surface area contributed by atoms with Crippen LogP contribution >= 0.6 is 23.8 Å². The maximum atomic E-state index is 5.96. The van der Waals surface area contributed by atoms with E-state index in [1.165, 1.54) is 25.7 Å². The van der Waals surface area contributed by atoms with Crippen LogP contribution in [-0.4, -0.2) is 41.3 Å². The maximum Gasteiger partial charge on any atom is 0.232 e. The van der Waals surface area contributed by atoms with E-state index in [4.69, 9.17) is 33.8 Å². The van der Waals surface area contributed by atoms with Crippen molar-refractivity contribution >= 4 is 46.5 Å². The highest BCUT2D eigenvalue weighted by atomic mass is 35.5. The first-order valence-corrected chi connectivity index (χ1v) is 11.5. The number of piperidine rings is 1. The van der Waals surface area contributed by atoms with Crippen LogP contribution in [0.3, 0.4) is 0 Å². The molecule has 1 aromatic heterocycles. The number of benzene rings is 1. The summed E-state index contributed by atoms with van der Waals surface area (Å²) in [6.45, 7) is 7.10. The number of nitrogens with zero attached hydrogens (tertiary/aromatic N) is 4. The summed E-state index contributed by atoms with van der Waals surface area (Å²) in [6.07, 6.45) is 4.91. The van der Waals surface area contributed by atoms with Gasteiger partial charge in [0.1, 0.15) is 11.6 Å². The molecular formula is C22H29ClN6S. The summed E-state index contributed by atoms with van der Waals surface area (Å²) in [5, 5.41) is 7.67. The fraction of sp³-hybridized carbons (Fsp3) is 0.500. The van der Waals surface area contributed by atoms with Crippen LogP contribution in [0.15, 0.2) is 30.3 Å². The van der Waals surface area contributed by atoms with E-state index in [0.717, 1.165) is 48.4 Å². The summed E-state index contributed by atoms with van der Waals surface area (Å²) in [7, 11) is 0. The van der Waals surface area contributed by atoms with Crippen LogP contribution in [0.4, 0.5) is 17.6 Å². The number of halogens is 1. The van der Waals surface area contributed by atoms with E-state index in [0.29, 0.717) is 23.5 Å². The topological polar surface area (TPSA) is 56.3 Å². The second kappa shape index (κ2) is 9.79. The molecule has 0 amide bonds. The second-order valence-electron chi connectivity index (χ2n) is 8.23. The van der Waals surface area contributed by atoms with Crippen molar-refractivity contribution in [1.82, 2.24) is 15.3 Å². The fourth-order valence-electron chi connectivity index (χ4n) is 4.08. The minimum absolute atomic E-state index is 0.515. The van der Waals surface area contributed by atoms with E-state index in [2.05, 4.69) is 33.4 Å². The van der Waals surface area contributed by atoms with Gasteiger partial charge in [-0.05, 0) is 61.5 Å². The molecule has 0 bridgehead atoms. The third kappa shape index (κ3) is 5.52. The van der Waals surface area contributed by atoms with Crippen molar-refractivity contribution in [2.45, 2.75) is 39.2 Å². The third-order valence-corrected chi connectivity index (χ3v) is 6.20. The lowest BCUT2D eigenvalue weighted by atomic mass is 10.0. The van der Waals surface area contributed by atoms with E-state index in [-0.39, 0.29) is 0 Å². The second-order valence-corrected chi connectivity index (χ2v) is 9.07. The van der Waals surface area contributed by atoms with Gasteiger partial charge in [0.05, 0.1) is 0 Å². The van der Waals surface area contributed by atoms with E-state index >= 15 is 0 Å². The Hall–Kier alpha value is -2.12. The molecule has 2 aliphatic rings. The van der Waals surface area contributed by atoms with Gasteiger partial charge in [0.25, 0.3) is 0 Å². The average molecular weight is 445 g/mol. The van der Waals surface area contributed by atoms with Gasteiger partial charge in [0.15, 0.2) is 5.11 Å². The average Bonchev–Trinajstić information content (AvgIpc) is 3.28. The van der Waals surface area contributed by atoms with Crippen molar-refractivity contribution in [3.05, 3.63) is 40.9 Å². The smallest absolute Gasteiger partial charge is 0.232 e. The van der Waals surface area contributed by atoms with Gasteiger partial charge < -0.3 is 20.4 Å². The van der Waals surface area contributed by atoms with Gasteiger partial charge in [-0.2, -0.15) is 9.97 Å². The zero-order valence-corrected chi connectivity index (χ0v) is 19.0. The number of hydrogen-bond donors (Lipinski definition) is 2. The van der Waals surface area contributed by atoms with Gasteiger partial charge in [-0.15, -0.1) is 0 Å². The quantitative estimate of drug-likeness (QED) is 0.660. The van der Waals surface area contributed by atoms with Gasteiger partial charge in [0, 0.05) is 43.8 Å². The van der Waals surface area contributed by atoms with Crippen LogP contribution in [-0.2, 0) is 6.54 Å². The zero-order chi connectivity index (χ0) is 20.9. The Morgan fingerprint density at radius 3 is 2.43 bits per heavy atom. The Morgan fingerprint density at radius 1 is 1.07 bits per heavy atom. The number of anilines is 3. The molecular weight excluding hydrogens is 416 g/mol. The molecule has 30 heavy (non-hydrogen) atoms. The first-order valence-electron chi connectivity index (χ1n) is 10.7. The predicted molar refractivity (Wildman–Crippen MR) is 129 cm³/mol. The van der Waals surface area contributed by atoms with E-state index < -0.39 is 0 Å². The summed E-state index contributed by atoms with van der Waals surface area (Å²) >= 11 is 11.5. The van der Waals surface area contributed by atoms with Crippen molar-refractivity contribution in [1.29, 1.82) is 0 Å². The molecule has 160 valence electrons. The van der Waals surface area contributed by atoms with Crippen molar-refractivity contribution in [3.8, 4) is 0 Å². The predicted octanol–water partition coefficient (Wildman–Crippen LogP) is 4.45. The third-order valence-electron chi connectivity index (χ3n) is 5.70. The van der Waals surface area contributed by atoms with Gasteiger partial charge in [-0.1, -0.05) is 30.7 Å². The molecule has 2 fully saturated rings. The van der Waals surface area contributed by atoms with Crippen molar-refractivity contribution in [2.75, 3.05) is 41.3 Å². The van der Waals surface area contributed by atoms with Crippen LogP contribution in [0, 0.1) is 5.92 Å². The van der Waals surface area contributed by atoms with Crippen molar-refractivity contribution < 1.29 is 0 Å². The van der Waals surface area contributed by atoms with Crippen LogP contribution in [0.2, 0.25) is 5.02 Å². The number of nitrogens with one attached hydrogen (secondary N) is 2. The molecule has 2 aliphatic heterocycles. The van der Waals surface area contributed by atoms with E-state index in [9.17, 15) is 0 Å². The molecule has 6 nitrogen and oxygen atoms in total. The molecule has 0 radical (unpaired) electrons. The lowest BCUT2D eigenvalue weighted by molar-refractivity contribution is 0.444. The lowest BCUT2D eigenvalue weighted by Gasteiger charge is -2.32. The standard InChI is InChI=1S/C22H29ClN6S/c1-16-5-4-12-29(15-16)20-13-19(28-10-2-3-11-28)25-21(26-20)27-22(30)24-14-17-6-8-18(23)9-7-17/h6-9,13,16H,2-5,10-12,14-15H2,1H3,(H2,24,25,26,27,30). The molecule has 8 heteroatoms. The highest BCUT2D eigenvalue weighted by Crippen LogP contribution is 2.27. The Morgan fingerprint density at radius 2 is 1.73 bits per heavy atom. The minimum atomic E-state index is 0.515. The molecule has 2 aromatic rings. The largest absolute Gasteiger partial charge is 0.358 e. The van der Waals surface area contributed by atoms with E-state index in [1.807, 2.05) is 24.3 Å². The lowest BCUT2D eigenvalue weighted by Crippen LogP contribution is -2.35. The maximum absolute atomic E-state index is 5.96. The SMILES string of the molecule is CC1CCCN(c2cc(N3CCCC3)nc(NC(=S)NCc3ccc(Cl)cc3)n2)C1. The summed E-state index contributed by atoms with van der Waals surface area (Å²) < 4.78 is 0. The number of hydrogen-bond acceptors (Lipinski definition) is 5. The molecule has 1 unspecified atom stereocenters. The van der Waals surface area contributed by atoms with E-state index in [1.54, 1.807) is 0 Å². The molecule has 2 N–H and O–H groups in total. The summed E-state index contributed by atoms with van der Waals surface area (Å²) in [5.41, 5.74) is 1.11. The normalized spacial score (nSPS) is 19.1. The molecule has 0 saturated carbocycles. The fourth-order valence-corrected chi connectivity index (χ4v) is 4.37. The Kier molecular flexibility index (Phi) is 6.89. The molecule has 3 heterocycles. The van der Waals surface area contributed by atoms with Crippen molar-refractivity contribution in [2.24, 2.45) is 5.92 Å². The van der Waals surface area contributed by atoms with Gasteiger partial charge in [-0.25, -0.2) is 0 Å². The van der Waals surface area contributed by atoms with Crippen LogP contribution in [0.25, 0.3) is 0 Å². The molecule has 2 saturated heterocycles. The van der Waals surface area contributed by atoms with Crippen LogP contribution in [0.5, 0.6) is 0 Å². The number of aromatic nitrogens is 2. The van der Waals surface area contributed by atoms with Gasteiger partial charge in [0.2, 0.25) is 5.95 Å². The highest BCUT2D eigenvalue weighted by molar-refractivity contribution is 7.80. The first kappa shape index (κ1) is 21.1. The molecule has 1 atom stereocenters. The number of thiocarbonyl (C=S) groups is 1. The van der Waals surface area contributed by atoms with Crippen molar-refractivity contribution in [3.63, 3.8) is 0 Å². The minimum Gasteiger partial charge on any atom is -0.358 e. The highest BCUT2D eigenvalue weighted by Gasteiger charge is 2.22. The summed E-state index contributed by atoms with van der Waals surface area (Å²) in [4.78, 5) is 14.3. The summed E-state index contributed by atoms with van der Waals surface area (Å²) in [6, 6.07) is 9.86. The molecule has 0 spiro atoms.